The number of rotatable bonds is 1. The zero-order valence-corrected chi connectivity index (χ0v) is 11.9. The first-order valence-corrected chi connectivity index (χ1v) is 7.62. The number of hydrogen-bond donors (Lipinski definition) is 0. The van der Waals surface area contributed by atoms with Crippen molar-refractivity contribution >= 4 is 15.9 Å². The van der Waals surface area contributed by atoms with Gasteiger partial charge in [-0.15, -0.1) is 0 Å². The van der Waals surface area contributed by atoms with Gasteiger partial charge in [-0.25, -0.2) is 0 Å². The quantitative estimate of drug-likeness (QED) is 0.746. The number of benzene rings is 1. The Balaban J connectivity index is 2.04. The van der Waals surface area contributed by atoms with E-state index in [2.05, 4.69) is 45.1 Å². The van der Waals surface area contributed by atoms with Crippen LogP contribution in [-0.4, -0.2) is 18.0 Å². The van der Waals surface area contributed by atoms with Gasteiger partial charge in [0, 0.05) is 10.0 Å². The average Bonchev–Trinajstić information content (AvgIpc) is 2.39. The first-order chi connectivity index (χ1) is 8.33. The van der Waals surface area contributed by atoms with Gasteiger partial charge in [0.2, 0.25) is 0 Å². The Hall–Kier alpha value is -0.340. The summed E-state index contributed by atoms with van der Waals surface area (Å²) < 4.78 is 1.30. The second-order valence-corrected chi connectivity index (χ2v) is 6.27. The number of halogens is 1. The molecule has 0 aromatic heterocycles. The van der Waals surface area contributed by atoms with Crippen molar-refractivity contribution in [3.05, 3.63) is 34.3 Å². The minimum atomic E-state index is 0.344. The molecule has 2 saturated heterocycles. The van der Waals surface area contributed by atoms with Crippen LogP contribution in [0.1, 0.15) is 44.1 Å². The molecule has 3 rings (SSSR count). The molecule has 1 nitrogen and oxygen atoms in total. The molecule has 0 spiro atoms. The van der Waals surface area contributed by atoms with Gasteiger partial charge >= 0.3 is 0 Å². The molecule has 0 N–H and O–H groups in total. The highest BCUT2D eigenvalue weighted by Gasteiger charge is 2.42. The van der Waals surface area contributed by atoms with Crippen LogP contribution in [0.25, 0.3) is 0 Å². The highest BCUT2D eigenvalue weighted by atomic mass is 79.9. The largest absolute Gasteiger partial charge is 0.294 e. The minimum absolute atomic E-state index is 0.344. The molecule has 0 atom stereocenters. The van der Waals surface area contributed by atoms with Gasteiger partial charge in [-0.2, -0.15) is 0 Å². The van der Waals surface area contributed by atoms with E-state index in [0.29, 0.717) is 5.54 Å². The first-order valence-electron chi connectivity index (χ1n) is 6.83. The zero-order chi connectivity index (χ0) is 11.7. The molecule has 2 heterocycles. The number of piperidine rings is 2. The standard InChI is InChI=1S/C15H20BrN/c16-14-8-2-1-7-13(14)15-9-3-5-11-17(15)12-6-4-10-15/h1-2,7-8H,3-6,9-12H2. The van der Waals surface area contributed by atoms with Gasteiger partial charge in [-0.1, -0.05) is 34.1 Å². The summed E-state index contributed by atoms with van der Waals surface area (Å²) in [5.41, 5.74) is 1.87. The molecule has 92 valence electrons. The van der Waals surface area contributed by atoms with Crippen molar-refractivity contribution in [2.24, 2.45) is 0 Å². The van der Waals surface area contributed by atoms with Crippen molar-refractivity contribution in [3.8, 4) is 0 Å². The van der Waals surface area contributed by atoms with E-state index >= 15 is 0 Å². The fourth-order valence-electron chi connectivity index (χ4n) is 3.70. The topological polar surface area (TPSA) is 3.24 Å². The zero-order valence-electron chi connectivity index (χ0n) is 10.3. The van der Waals surface area contributed by atoms with Gasteiger partial charge in [-0.3, -0.25) is 4.90 Å². The van der Waals surface area contributed by atoms with Gasteiger partial charge in [0.15, 0.2) is 0 Å². The number of hydrogen-bond acceptors (Lipinski definition) is 1. The molecule has 0 saturated carbocycles. The molecule has 0 amide bonds. The maximum atomic E-state index is 3.76. The third-order valence-electron chi connectivity index (χ3n) is 4.52. The smallest absolute Gasteiger partial charge is 0.0471 e. The second-order valence-electron chi connectivity index (χ2n) is 5.41. The van der Waals surface area contributed by atoms with Gasteiger partial charge in [-0.05, 0) is 63.2 Å². The molecular weight excluding hydrogens is 274 g/mol. The maximum absolute atomic E-state index is 3.76. The van der Waals surface area contributed by atoms with Crippen molar-refractivity contribution < 1.29 is 0 Å². The monoisotopic (exact) mass is 293 g/mol. The van der Waals surface area contributed by atoms with Crippen LogP contribution in [0.2, 0.25) is 0 Å². The molecule has 2 aliphatic rings. The van der Waals surface area contributed by atoms with Crippen LogP contribution in [0.4, 0.5) is 0 Å². The minimum Gasteiger partial charge on any atom is -0.294 e. The van der Waals surface area contributed by atoms with Crippen LogP contribution >= 0.6 is 15.9 Å². The molecule has 0 bridgehead atoms. The van der Waals surface area contributed by atoms with E-state index in [0.717, 1.165) is 0 Å². The predicted molar refractivity (Wildman–Crippen MR) is 75.1 cm³/mol. The second kappa shape index (κ2) is 4.74. The van der Waals surface area contributed by atoms with Crippen LogP contribution in [0.5, 0.6) is 0 Å². The van der Waals surface area contributed by atoms with Crippen LogP contribution in [0, 0.1) is 0 Å². The molecule has 2 fully saturated rings. The molecular formula is C15H20BrN. The number of fused-ring (bicyclic) bond motifs is 1. The van der Waals surface area contributed by atoms with Crippen LogP contribution < -0.4 is 0 Å². The van der Waals surface area contributed by atoms with Gasteiger partial charge in [0.1, 0.15) is 0 Å². The van der Waals surface area contributed by atoms with Crippen molar-refractivity contribution in [2.45, 2.75) is 44.1 Å². The lowest BCUT2D eigenvalue weighted by atomic mass is 9.74. The maximum Gasteiger partial charge on any atom is 0.0471 e. The normalized spacial score (nSPS) is 24.3. The Morgan fingerprint density at radius 2 is 1.59 bits per heavy atom. The van der Waals surface area contributed by atoms with E-state index < -0.39 is 0 Å². The average molecular weight is 294 g/mol. The van der Waals surface area contributed by atoms with Gasteiger partial charge in [0.25, 0.3) is 0 Å². The fraction of sp³-hybridized carbons (Fsp3) is 0.600. The number of nitrogens with zero attached hydrogens (tertiary/aromatic N) is 1. The third-order valence-corrected chi connectivity index (χ3v) is 5.21. The highest BCUT2D eigenvalue weighted by Crippen LogP contribution is 2.46. The predicted octanol–water partition coefficient (Wildman–Crippen LogP) is 4.31. The van der Waals surface area contributed by atoms with Gasteiger partial charge < -0.3 is 0 Å². The van der Waals surface area contributed by atoms with E-state index in [-0.39, 0.29) is 0 Å². The molecule has 1 aromatic carbocycles. The lowest BCUT2D eigenvalue weighted by Gasteiger charge is -2.51. The third kappa shape index (κ3) is 1.96. The van der Waals surface area contributed by atoms with Crippen molar-refractivity contribution in [1.82, 2.24) is 4.90 Å². The molecule has 17 heavy (non-hydrogen) atoms. The Morgan fingerprint density at radius 1 is 0.941 bits per heavy atom. The fourth-order valence-corrected chi connectivity index (χ4v) is 4.35. The summed E-state index contributed by atoms with van der Waals surface area (Å²) in [5, 5.41) is 0. The van der Waals surface area contributed by atoms with Crippen LogP contribution in [0.15, 0.2) is 28.7 Å². The Morgan fingerprint density at radius 3 is 2.24 bits per heavy atom. The molecule has 0 aliphatic carbocycles. The SMILES string of the molecule is Brc1ccccc1C12CCCCN1CCCC2. The Kier molecular flexibility index (Phi) is 3.27. The summed E-state index contributed by atoms with van der Waals surface area (Å²) >= 11 is 3.76. The summed E-state index contributed by atoms with van der Waals surface area (Å²) in [6, 6.07) is 8.84. The van der Waals surface area contributed by atoms with Crippen molar-refractivity contribution in [1.29, 1.82) is 0 Å². The summed E-state index contributed by atoms with van der Waals surface area (Å²) in [4.78, 5) is 2.75. The van der Waals surface area contributed by atoms with E-state index in [9.17, 15) is 0 Å². The summed E-state index contributed by atoms with van der Waals surface area (Å²) in [5.74, 6) is 0. The van der Waals surface area contributed by atoms with Crippen molar-refractivity contribution in [3.63, 3.8) is 0 Å². The summed E-state index contributed by atoms with van der Waals surface area (Å²) in [6.45, 7) is 2.59. The molecule has 0 unspecified atom stereocenters. The summed E-state index contributed by atoms with van der Waals surface area (Å²) in [6.07, 6.45) is 8.22. The van der Waals surface area contributed by atoms with E-state index in [1.54, 1.807) is 0 Å². The van der Waals surface area contributed by atoms with E-state index in [4.69, 9.17) is 0 Å². The van der Waals surface area contributed by atoms with Gasteiger partial charge in [0.05, 0.1) is 0 Å². The van der Waals surface area contributed by atoms with E-state index in [1.165, 1.54) is 61.7 Å². The van der Waals surface area contributed by atoms with Crippen LogP contribution in [0.3, 0.4) is 0 Å². The molecule has 1 aromatic rings. The van der Waals surface area contributed by atoms with Crippen molar-refractivity contribution in [2.75, 3.05) is 13.1 Å². The summed E-state index contributed by atoms with van der Waals surface area (Å²) in [7, 11) is 0. The van der Waals surface area contributed by atoms with E-state index in [1.807, 2.05) is 0 Å². The molecule has 2 heteroatoms. The molecule has 2 aliphatic heterocycles. The highest BCUT2D eigenvalue weighted by molar-refractivity contribution is 9.10. The van der Waals surface area contributed by atoms with Crippen LogP contribution in [-0.2, 0) is 5.54 Å². The first kappa shape index (κ1) is 11.7. The molecule has 0 radical (unpaired) electrons. The lowest BCUT2D eigenvalue weighted by molar-refractivity contribution is 0.00764. The Bertz CT molecular complexity index is 390. The Labute approximate surface area is 112 Å². The lowest BCUT2D eigenvalue weighted by Crippen LogP contribution is -2.52.